The standard InChI is InChI=1S/C17H13N5O/c1-2-14(10-18-8-1)23-13-5-3-12(4-6-13)22-17-15-7-9-19-16(15)20-11-21-17/h1-11H,(H2,19,20,21,22). The molecule has 0 aliphatic rings. The molecule has 0 aliphatic carbocycles. The first-order valence-electron chi connectivity index (χ1n) is 7.11. The second kappa shape index (κ2) is 5.76. The van der Waals surface area contributed by atoms with Gasteiger partial charge in [-0.1, -0.05) is 0 Å². The molecule has 0 bridgehead atoms. The molecule has 4 aromatic rings. The van der Waals surface area contributed by atoms with Gasteiger partial charge in [0.2, 0.25) is 0 Å². The Balaban J connectivity index is 1.53. The van der Waals surface area contributed by atoms with E-state index in [2.05, 4.69) is 25.3 Å². The molecule has 0 unspecified atom stereocenters. The van der Waals surface area contributed by atoms with Crippen LogP contribution in [0, 0.1) is 0 Å². The summed E-state index contributed by atoms with van der Waals surface area (Å²) in [6.45, 7) is 0. The van der Waals surface area contributed by atoms with E-state index in [9.17, 15) is 0 Å². The lowest BCUT2D eigenvalue weighted by Crippen LogP contribution is -1.95. The smallest absolute Gasteiger partial charge is 0.145 e. The molecule has 1 aromatic carbocycles. The van der Waals surface area contributed by atoms with Gasteiger partial charge in [0.1, 0.15) is 29.3 Å². The maximum atomic E-state index is 5.72. The van der Waals surface area contributed by atoms with E-state index in [1.165, 1.54) is 6.33 Å². The van der Waals surface area contributed by atoms with Crippen molar-refractivity contribution in [2.75, 3.05) is 5.32 Å². The van der Waals surface area contributed by atoms with E-state index < -0.39 is 0 Å². The highest BCUT2D eigenvalue weighted by atomic mass is 16.5. The molecule has 3 heterocycles. The largest absolute Gasteiger partial charge is 0.456 e. The number of benzene rings is 1. The zero-order chi connectivity index (χ0) is 15.5. The molecule has 0 aliphatic heterocycles. The first-order chi connectivity index (χ1) is 11.4. The number of ether oxygens (including phenoxy) is 1. The fourth-order valence-electron chi connectivity index (χ4n) is 2.26. The first kappa shape index (κ1) is 13.3. The van der Waals surface area contributed by atoms with Crippen LogP contribution in [0.2, 0.25) is 0 Å². The Labute approximate surface area is 132 Å². The van der Waals surface area contributed by atoms with Gasteiger partial charge in [-0.15, -0.1) is 0 Å². The zero-order valence-electron chi connectivity index (χ0n) is 12.1. The summed E-state index contributed by atoms with van der Waals surface area (Å²) in [5.41, 5.74) is 1.73. The van der Waals surface area contributed by atoms with Crippen molar-refractivity contribution in [3.05, 3.63) is 67.4 Å². The fourth-order valence-corrected chi connectivity index (χ4v) is 2.26. The Morgan fingerprint density at radius 3 is 2.70 bits per heavy atom. The molecule has 0 radical (unpaired) electrons. The molecule has 3 aromatic heterocycles. The van der Waals surface area contributed by atoms with Crippen LogP contribution in [0.4, 0.5) is 11.5 Å². The monoisotopic (exact) mass is 303 g/mol. The van der Waals surface area contributed by atoms with Gasteiger partial charge in [-0.2, -0.15) is 0 Å². The fraction of sp³-hybridized carbons (Fsp3) is 0. The van der Waals surface area contributed by atoms with E-state index in [1.54, 1.807) is 12.4 Å². The molecule has 112 valence electrons. The third-order valence-electron chi connectivity index (χ3n) is 3.34. The molecule has 2 N–H and O–H groups in total. The van der Waals surface area contributed by atoms with Crippen molar-refractivity contribution >= 4 is 22.5 Å². The van der Waals surface area contributed by atoms with Crippen LogP contribution in [-0.2, 0) is 0 Å². The van der Waals surface area contributed by atoms with Crippen LogP contribution in [-0.4, -0.2) is 19.9 Å². The molecule has 6 nitrogen and oxygen atoms in total. The predicted molar refractivity (Wildman–Crippen MR) is 87.9 cm³/mol. The molecule has 0 atom stereocenters. The van der Waals surface area contributed by atoms with Crippen molar-refractivity contribution in [1.82, 2.24) is 19.9 Å². The summed E-state index contributed by atoms with van der Waals surface area (Å²) in [4.78, 5) is 15.5. The molecular weight excluding hydrogens is 290 g/mol. The summed E-state index contributed by atoms with van der Waals surface area (Å²) in [6.07, 6.45) is 6.76. The summed E-state index contributed by atoms with van der Waals surface area (Å²) in [5.74, 6) is 2.22. The SMILES string of the molecule is c1cncc(Oc2ccc(Nc3ncnc4[nH]ccc34)cc2)c1. The Morgan fingerprint density at radius 2 is 1.87 bits per heavy atom. The summed E-state index contributed by atoms with van der Waals surface area (Å²) >= 11 is 0. The molecule has 0 fully saturated rings. The van der Waals surface area contributed by atoms with E-state index >= 15 is 0 Å². The molecule has 0 saturated carbocycles. The van der Waals surface area contributed by atoms with Gasteiger partial charge in [0.25, 0.3) is 0 Å². The second-order valence-electron chi connectivity index (χ2n) is 4.90. The normalized spacial score (nSPS) is 10.6. The van der Waals surface area contributed by atoms with Crippen molar-refractivity contribution in [2.24, 2.45) is 0 Å². The molecule has 23 heavy (non-hydrogen) atoms. The molecule has 6 heteroatoms. The number of hydrogen-bond donors (Lipinski definition) is 2. The van der Waals surface area contributed by atoms with E-state index in [1.807, 2.05) is 48.7 Å². The maximum absolute atomic E-state index is 5.72. The van der Waals surface area contributed by atoms with Gasteiger partial charge < -0.3 is 15.0 Å². The Kier molecular flexibility index (Phi) is 3.32. The highest BCUT2D eigenvalue weighted by Gasteiger charge is 2.05. The number of nitrogens with zero attached hydrogens (tertiary/aromatic N) is 3. The summed E-state index contributed by atoms with van der Waals surface area (Å²) in [5, 5.41) is 4.23. The van der Waals surface area contributed by atoms with Crippen LogP contribution in [0.3, 0.4) is 0 Å². The van der Waals surface area contributed by atoms with Gasteiger partial charge in [0, 0.05) is 18.1 Å². The molecule has 4 rings (SSSR count). The number of H-pyrrole nitrogens is 1. The molecular formula is C17H13N5O. The third-order valence-corrected chi connectivity index (χ3v) is 3.34. The van der Waals surface area contributed by atoms with E-state index in [0.717, 1.165) is 28.3 Å². The van der Waals surface area contributed by atoms with E-state index in [0.29, 0.717) is 5.75 Å². The average molecular weight is 303 g/mol. The number of pyridine rings is 1. The highest BCUT2D eigenvalue weighted by Crippen LogP contribution is 2.25. The summed E-state index contributed by atoms with van der Waals surface area (Å²) in [6, 6.07) is 13.3. The summed E-state index contributed by atoms with van der Waals surface area (Å²) < 4.78 is 5.72. The zero-order valence-corrected chi connectivity index (χ0v) is 12.1. The third kappa shape index (κ3) is 2.82. The first-order valence-corrected chi connectivity index (χ1v) is 7.11. The molecule has 0 saturated heterocycles. The van der Waals surface area contributed by atoms with Crippen molar-refractivity contribution in [2.45, 2.75) is 0 Å². The van der Waals surface area contributed by atoms with Gasteiger partial charge in [0.15, 0.2) is 0 Å². The van der Waals surface area contributed by atoms with Crippen molar-refractivity contribution < 1.29 is 4.74 Å². The van der Waals surface area contributed by atoms with Crippen molar-refractivity contribution in [1.29, 1.82) is 0 Å². The maximum Gasteiger partial charge on any atom is 0.145 e. The number of nitrogens with one attached hydrogen (secondary N) is 2. The molecule has 0 spiro atoms. The van der Waals surface area contributed by atoms with Crippen LogP contribution in [0.15, 0.2) is 67.4 Å². The van der Waals surface area contributed by atoms with E-state index in [4.69, 9.17) is 4.74 Å². The Hall–Kier alpha value is -3.41. The second-order valence-corrected chi connectivity index (χ2v) is 4.90. The topological polar surface area (TPSA) is 75.7 Å². The number of anilines is 2. The number of rotatable bonds is 4. The van der Waals surface area contributed by atoms with Crippen molar-refractivity contribution in [3.8, 4) is 11.5 Å². The predicted octanol–water partition coefficient (Wildman–Crippen LogP) is 3.89. The lowest BCUT2D eigenvalue weighted by atomic mass is 10.3. The number of aromatic nitrogens is 4. The van der Waals surface area contributed by atoms with Gasteiger partial charge >= 0.3 is 0 Å². The minimum absolute atomic E-state index is 0.707. The van der Waals surface area contributed by atoms with Crippen LogP contribution in [0.5, 0.6) is 11.5 Å². The van der Waals surface area contributed by atoms with Crippen LogP contribution >= 0.6 is 0 Å². The lowest BCUT2D eigenvalue weighted by molar-refractivity contribution is 0.480. The quantitative estimate of drug-likeness (QED) is 0.598. The number of hydrogen-bond acceptors (Lipinski definition) is 5. The average Bonchev–Trinajstić information content (AvgIpc) is 3.07. The number of aromatic amines is 1. The minimum atomic E-state index is 0.707. The van der Waals surface area contributed by atoms with Gasteiger partial charge in [-0.3, -0.25) is 4.98 Å². The minimum Gasteiger partial charge on any atom is -0.456 e. The van der Waals surface area contributed by atoms with Crippen LogP contribution in [0.1, 0.15) is 0 Å². The van der Waals surface area contributed by atoms with Gasteiger partial charge in [-0.05, 0) is 42.5 Å². The highest BCUT2D eigenvalue weighted by molar-refractivity contribution is 5.88. The van der Waals surface area contributed by atoms with Gasteiger partial charge in [-0.25, -0.2) is 9.97 Å². The Morgan fingerprint density at radius 1 is 0.957 bits per heavy atom. The molecule has 0 amide bonds. The van der Waals surface area contributed by atoms with Crippen LogP contribution < -0.4 is 10.1 Å². The van der Waals surface area contributed by atoms with Gasteiger partial charge in [0.05, 0.1) is 11.6 Å². The Bertz CT molecular complexity index is 919. The van der Waals surface area contributed by atoms with E-state index in [-0.39, 0.29) is 0 Å². The lowest BCUT2D eigenvalue weighted by Gasteiger charge is -2.08. The van der Waals surface area contributed by atoms with Crippen molar-refractivity contribution in [3.63, 3.8) is 0 Å². The number of fused-ring (bicyclic) bond motifs is 1. The van der Waals surface area contributed by atoms with Crippen LogP contribution in [0.25, 0.3) is 11.0 Å². The summed E-state index contributed by atoms with van der Waals surface area (Å²) in [7, 11) is 0.